The van der Waals surface area contributed by atoms with Crippen LogP contribution in [0.3, 0.4) is 0 Å². The Morgan fingerprint density at radius 2 is 1.77 bits per heavy atom. The molecule has 0 unspecified atom stereocenters. The second-order valence-corrected chi connectivity index (χ2v) is 6.29. The normalized spacial score (nSPS) is 10.8. The average molecular weight is 413 g/mol. The van der Waals surface area contributed by atoms with Crippen LogP contribution in [-0.4, -0.2) is 26.9 Å². The maximum atomic E-state index is 12.2. The number of nitrogens with zero attached hydrogens (tertiary/aromatic N) is 3. The summed E-state index contributed by atoms with van der Waals surface area (Å²) in [6.07, 6.45) is 2.88. The van der Waals surface area contributed by atoms with Crippen LogP contribution in [0.1, 0.15) is 17.3 Å². The van der Waals surface area contributed by atoms with E-state index in [0.29, 0.717) is 11.4 Å². The van der Waals surface area contributed by atoms with E-state index in [-0.39, 0.29) is 27.4 Å². The van der Waals surface area contributed by atoms with Crippen molar-refractivity contribution in [1.82, 2.24) is 14.3 Å². The van der Waals surface area contributed by atoms with Gasteiger partial charge in [-0.3, -0.25) is 9.36 Å². The lowest BCUT2D eigenvalue weighted by Crippen LogP contribution is -2.18. The van der Waals surface area contributed by atoms with Gasteiger partial charge in [0.15, 0.2) is 0 Å². The summed E-state index contributed by atoms with van der Waals surface area (Å²) < 4.78 is 7.70. The molecule has 0 aliphatic rings. The molecule has 0 fully saturated rings. The van der Waals surface area contributed by atoms with Crippen LogP contribution >= 0.6 is 34.8 Å². The van der Waals surface area contributed by atoms with Crippen LogP contribution in [0.4, 0.5) is 0 Å². The first-order valence-corrected chi connectivity index (χ1v) is 8.65. The van der Waals surface area contributed by atoms with Crippen molar-refractivity contribution in [2.24, 2.45) is 0 Å². The third kappa shape index (κ3) is 3.35. The molecule has 26 heavy (non-hydrogen) atoms. The minimum atomic E-state index is -0.539. The molecule has 134 valence electrons. The molecular weight excluding hydrogens is 401 g/mol. The van der Waals surface area contributed by atoms with Crippen molar-refractivity contribution < 1.29 is 9.53 Å². The Kier molecular flexibility index (Phi) is 5.36. The lowest BCUT2D eigenvalue weighted by Gasteiger charge is -2.09. The van der Waals surface area contributed by atoms with Crippen molar-refractivity contribution >= 4 is 40.8 Å². The number of carbonyl (C=O) groups is 1. The van der Waals surface area contributed by atoms with Gasteiger partial charge in [0.05, 0.1) is 23.5 Å². The van der Waals surface area contributed by atoms with Crippen LogP contribution in [-0.2, 0) is 4.74 Å². The van der Waals surface area contributed by atoms with Crippen molar-refractivity contribution in [3.8, 4) is 11.4 Å². The molecule has 0 aliphatic carbocycles. The van der Waals surface area contributed by atoms with Gasteiger partial charge in [0, 0.05) is 11.9 Å². The molecule has 2 heterocycles. The number of hydrogen-bond donors (Lipinski definition) is 0. The first kappa shape index (κ1) is 18.5. The molecule has 9 heteroatoms. The van der Waals surface area contributed by atoms with Crippen LogP contribution in [0, 0.1) is 0 Å². The topological polar surface area (TPSA) is 66.1 Å². The van der Waals surface area contributed by atoms with E-state index in [1.54, 1.807) is 31.2 Å². The van der Waals surface area contributed by atoms with Gasteiger partial charge < -0.3 is 4.74 Å². The Morgan fingerprint density at radius 3 is 2.42 bits per heavy atom. The van der Waals surface area contributed by atoms with E-state index in [0.717, 1.165) is 0 Å². The molecule has 1 aromatic carbocycles. The van der Waals surface area contributed by atoms with Gasteiger partial charge >= 0.3 is 5.97 Å². The third-order valence-electron chi connectivity index (χ3n) is 3.56. The maximum Gasteiger partial charge on any atom is 0.342 e. The quantitative estimate of drug-likeness (QED) is 0.604. The predicted molar refractivity (Wildman–Crippen MR) is 100 cm³/mol. The number of esters is 1. The highest BCUT2D eigenvalue weighted by molar-refractivity contribution is 6.41. The molecule has 0 bridgehead atoms. The Labute approximate surface area is 163 Å². The number of ether oxygens (including phenoxy) is 1. The van der Waals surface area contributed by atoms with Gasteiger partial charge in [0.1, 0.15) is 15.7 Å². The number of benzene rings is 1. The van der Waals surface area contributed by atoms with E-state index < -0.39 is 11.5 Å². The van der Waals surface area contributed by atoms with Gasteiger partial charge in [-0.25, -0.2) is 9.48 Å². The number of rotatable bonds is 4. The minimum absolute atomic E-state index is 0.0487. The molecule has 0 amide bonds. The summed E-state index contributed by atoms with van der Waals surface area (Å²) in [6.45, 7) is 1.95. The Morgan fingerprint density at radius 1 is 1.12 bits per heavy atom. The molecule has 0 saturated carbocycles. The van der Waals surface area contributed by atoms with Gasteiger partial charge in [0.2, 0.25) is 0 Å². The van der Waals surface area contributed by atoms with Crippen LogP contribution in [0.2, 0.25) is 15.2 Å². The summed E-state index contributed by atoms with van der Waals surface area (Å²) in [7, 11) is 0. The zero-order chi connectivity index (χ0) is 18.8. The molecule has 3 rings (SSSR count). The van der Waals surface area contributed by atoms with Crippen LogP contribution < -0.4 is 5.56 Å². The molecule has 0 spiro atoms. The van der Waals surface area contributed by atoms with Crippen molar-refractivity contribution in [2.45, 2.75) is 6.92 Å². The summed E-state index contributed by atoms with van der Waals surface area (Å²) in [6, 6.07) is 8.34. The Bertz CT molecular complexity index is 1030. The lowest BCUT2D eigenvalue weighted by molar-refractivity contribution is 0.0526. The summed E-state index contributed by atoms with van der Waals surface area (Å²) >= 11 is 18.0. The highest BCUT2D eigenvalue weighted by atomic mass is 35.5. The largest absolute Gasteiger partial charge is 0.462 e. The Balaban J connectivity index is 1.95. The monoisotopic (exact) mass is 411 g/mol. The van der Waals surface area contributed by atoms with E-state index >= 15 is 0 Å². The van der Waals surface area contributed by atoms with Crippen LogP contribution in [0.15, 0.2) is 47.5 Å². The fraction of sp³-hybridized carbons (Fsp3) is 0.118. The standard InChI is InChI=1S/C17H12Cl3N3O3/c1-2-26-17(25)12-9-21-23(15(12)20)11-5-3-10(4-6-11)22-8-7-13(18)14(19)16(22)24/h3-9H,2H2,1H3. The van der Waals surface area contributed by atoms with Crippen LogP contribution in [0.5, 0.6) is 0 Å². The number of halogens is 3. The summed E-state index contributed by atoms with van der Waals surface area (Å²) in [5.74, 6) is -0.539. The maximum absolute atomic E-state index is 12.2. The molecular formula is C17H12Cl3N3O3. The predicted octanol–water partition coefficient (Wildman–Crippen LogP) is 4.16. The highest BCUT2D eigenvalue weighted by Gasteiger charge is 2.18. The summed E-state index contributed by atoms with van der Waals surface area (Å²) in [4.78, 5) is 24.0. The van der Waals surface area contributed by atoms with Gasteiger partial charge in [-0.15, -0.1) is 0 Å². The summed E-state index contributed by atoms with van der Waals surface area (Å²) in [5.41, 5.74) is 0.959. The van der Waals surface area contributed by atoms with Crippen molar-refractivity contribution in [1.29, 1.82) is 0 Å². The number of pyridine rings is 1. The van der Waals surface area contributed by atoms with Crippen LogP contribution in [0.25, 0.3) is 11.4 Å². The van der Waals surface area contributed by atoms with E-state index in [1.165, 1.54) is 27.7 Å². The molecule has 6 nitrogen and oxygen atoms in total. The van der Waals surface area contributed by atoms with Gasteiger partial charge in [-0.05, 0) is 37.3 Å². The molecule has 3 aromatic rings. The fourth-order valence-corrected chi connectivity index (χ4v) is 2.86. The summed E-state index contributed by atoms with van der Waals surface area (Å²) in [5, 5.41) is 4.40. The molecule has 0 N–H and O–H groups in total. The molecule has 0 radical (unpaired) electrons. The zero-order valence-electron chi connectivity index (χ0n) is 13.4. The average Bonchev–Trinajstić information content (AvgIpc) is 3.02. The third-order valence-corrected chi connectivity index (χ3v) is 4.71. The molecule has 2 aromatic heterocycles. The molecule has 0 aliphatic heterocycles. The van der Waals surface area contributed by atoms with Crippen molar-refractivity contribution in [3.63, 3.8) is 0 Å². The smallest absolute Gasteiger partial charge is 0.342 e. The van der Waals surface area contributed by atoms with Gasteiger partial charge in [-0.2, -0.15) is 5.10 Å². The van der Waals surface area contributed by atoms with Crippen molar-refractivity contribution in [2.75, 3.05) is 6.61 Å². The van der Waals surface area contributed by atoms with E-state index in [4.69, 9.17) is 39.5 Å². The first-order chi connectivity index (χ1) is 12.4. The fourth-order valence-electron chi connectivity index (χ4n) is 2.31. The van der Waals surface area contributed by atoms with E-state index in [9.17, 15) is 9.59 Å². The Hall–Kier alpha value is -2.28. The second-order valence-electron chi connectivity index (χ2n) is 5.15. The number of aromatic nitrogens is 3. The van der Waals surface area contributed by atoms with Crippen molar-refractivity contribution in [3.05, 3.63) is 73.8 Å². The van der Waals surface area contributed by atoms with E-state index in [2.05, 4.69) is 5.10 Å². The highest BCUT2D eigenvalue weighted by Crippen LogP contribution is 2.22. The minimum Gasteiger partial charge on any atom is -0.462 e. The zero-order valence-corrected chi connectivity index (χ0v) is 15.7. The SMILES string of the molecule is CCOC(=O)c1cnn(-c2ccc(-n3ccc(Cl)c(Cl)c3=O)cc2)c1Cl. The number of carbonyl (C=O) groups excluding carboxylic acids is 1. The van der Waals surface area contributed by atoms with Gasteiger partial charge in [0.25, 0.3) is 5.56 Å². The molecule has 0 atom stereocenters. The number of hydrogen-bond acceptors (Lipinski definition) is 4. The van der Waals surface area contributed by atoms with Gasteiger partial charge in [-0.1, -0.05) is 34.8 Å². The first-order valence-electron chi connectivity index (χ1n) is 7.52. The lowest BCUT2D eigenvalue weighted by atomic mass is 10.2. The van der Waals surface area contributed by atoms with E-state index in [1.807, 2.05) is 0 Å². The molecule has 0 saturated heterocycles. The second kappa shape index (κ2) is 7.53.